The number of carbonyl (C=O) groups is 1. The van der Waals surface area contributed by atoms with Crippen LogP contribution in [0.5, 0.6) is 0 Å². The van der Waals surface area contributed by atoms with E-state index in [0.717, 1.165) is 30.3 Å². The van der Waals surface area contributed by atoms with Crippen LogP contribution in [0.2, 0.25) is 0 Å². The van der Waals surface area contributed by atoms with Crippen molar-refractivity contribution in [3.05, 3.63) is 35.5 Å². The number of nitrogens with zero attached hydrogens (tertiary/aromatic N) is 1. The highest BCUT2D eigenvalue weighted by Crippen LogP contribution is 2.20. The fourth-order valence-electron chi connectivity index (χ4n) is 3.02. The van der Waals surface area contributed by atoms with Gasteiger partial charge in [0.1, 0.15) is 5.69 Å². The highest BCUT2D eigenvalue weighted by Gasteiger charge is 2.25. The highest BCUT2D eigenvalue weighted by molar-refractivity contribution is 5.98. The second kappa shape index (κ2) is 5.90. The molecule has 1 saturated heterocycles. The monoisotopic (exact) mass is 286 g/mol. The van der Waals surface area contributed by atoms with E-state index < -0.39 is 0 Å². The van der Waals surface area contributed by atoms with E-state index in [1.165, 1.54) is 5.56 Å². The van der Waals surface area contributed by atoms with Gasteiger partial charge in [0, 0.05) is 30.6 Å². The van der Waals surface area contributed by atoms with Gasteiger partial charge in [0.25, 0.3) is 5.91 Å². The molecule has 1 aliphatic heterocycles. The Labute approximate surface area is 125 Å². The molecule has 2 heterocycles. The molecule has 1 N–H and O–H groups in total. The first-order valence-electron chi connectivity index (χ1n) is 7.67. The molecule has 2 aromatic rings. The molecule has 0 saturated carbocycles. The van der Waals surface area contributed by atoms with Crippen molar-refractivity contribution < 1.29 is 9.53 Å². The summed E-state index contributed by atoms with van der Waals surface area (Å²) >= 11 is 0. The van der Waals surface area contributed by atoms with E-state index in [2.05, 4.69) is 30.1 Å². The standard InChI is InChI=1S/C17H22N2O2/c1-3-21-14-5-4-8-19(11-14)17(20)16-10-13-7-6-12(2)9-15(13)18-16/h6-7,9-10,14,18H,3-5,8,11H2,1-2H3. The van der Waals surface area contributed by atoms with E-state index in [-0.39, 0.29) is 12.0 Å². The van der Waals surface area contributed by atoms with Crippen LogP contribution in [0, 0.1) is 6.92 Å². The first-order chi connectivity index (χ1) is 10.2. The number of rotatable bonds is 3. The van der Waals surface area contributed by atoms with Crippen LogP contribution < -0.4 is 0 Å². The summed E-state index contributed by atoms with van der Waals surface area (Å²) in [5.74, 6) is 0.0771. The minimum Gasteiger partial charge on any atom is -0.377 e. The molecule has 1 atom stereocenters. The molecule has 1 unspecified atom stereocenters. The molecular weight excluding hydrogens is 264 g/mol. The largest absolute Gasteiger partial charge is 0.377 e. The zero-order chi connectivity index (χ0) is 14.8. The predicted molar refractivity (Wildman–Crippen MR) is 83.6 cm³/mol. The van der Waals surface area contributed by atoms with Crippen molar-refractivity contribution in [3.8, 4) is 0 Å². The molecule has 0 aliphatic carbocycles. The number of nitrogens with one attached hydrogen (secondary N) is 1. The van der Waals surface area contributed by atoms with Gasteiger partial charge in [-0.15, -0.1) is 0 Å². The lowest BCUT2D eigenvalue weighted by molar-refractivity contribution is 0.00707. The van der Waals surface area contributed by atoms with Crippen LogP contribution in [-0.2, 0) is 4.74 Å². The molecule has 112 valence electrons. The Morgan fingerprint density at radius 3 is 3.10 bits per heavy atom. The number of aromatic nitrogens is 1. The quantitative estimate of drug-likeness (QED) is 0.942. The average molecular weight is 286 g/mol. The Balaban J connectivity index is 1.79. The molecule has 0 bridgehead atoms. The summed E-state index contributed by atoms with van der Waals surface area (Å²) in [5.41, 5.74) is 2.89. The van der Waals surface area contributed by atoms with E-state index >= 15 is 0 Å². The molecular formula is C17H22N2O2. The molecule has 1 aromatic heterocycles. The number of piperidine rings is 1. The molecule has 1 aliphatic rings. The molecule has 4 heteroatoms. The van der Waals surface area contributed by atoms with E-state index in [0.29, 0.717) is 18.8 Å². The smallest absolute Gasteiger partial charge is 0.270 e. The van der Waals surface area contributed by atoms with E-state index in [1.807, 2.05) is 17.9 Å². The molecule has 3 rings (SSSR count). The summed E-state index contributed by atoms with van der Waals surface area (Å²) in [6.07, 6.45) is 2.23. The molecule has 0 radical (unpaired) electrons. The summed E-state index contributed by atoms with van der Waals surface area (Å²) in [5, 5.41) is 1.09. The molecule has 0 spiro atoms. The molecule has 21 heavy (non-hydrogen) atoms. The summed E-state index contributed by atoms with van der Waals surface area (Å²) in [7, 11) is 0. The molecule has 1 amide bonds. The number of aryl methyl sites for hydroxylation is 1. The summed E-state index contributed by atoms with van der Waals surface area (Å²) in [6, 6.07) is 8.14. The topological polar surface area (TPSA) is 45.3 Å². The van der Waals surface area contributed by atoms with Crippen molar-refractivity contribution >= 4 is 16.8 Å². The molecule has 1 fully saturated rings. The normalized spacial score (nSPS) is 19.1. The minimum absolute atomic E-state index is 0.0771. The van der Waals surface area contributed by atoms with Gasteiger partial charge in [0.05, 0.1) is 6.10 Å². The number of H-pyrrole nitrogens is 1. The van der Waals surface area contributed by atoms with Crippen LogP contribution >= 0.6 is 0 Å². The Morgan fingerprint density at radius 1 is 1.43 bits per heavy atom. The Kier molecular flexibility index (Phi) is 3.97. The second-order valence-corrected chi connectivity index (χ2v) is 5.74. The zero-order valence-corrected chi connectivity index (χ0v) is 12.7. The molecule has 1 aromatic carbocycles. The number of hydrogen-bond acceptors (Lipinski definition) is 2. The third kappa shape index (κ3) is 2.95. The first kappa shape index (κ1) is 14.1. The van der Waals surface area contributed by atoms with Crippen molar-refractivity contribution in [2.45, 2.75) is 32.8 Å². The number of carbonyl (C=O) groups excluding carboxylic acids is 1. The summed E-state index contributed by atoms with van der Waals surface area (Å²) < 4.78 is 5.67. The lowest BCUT2D eigenvalue weighted by Crippen LogP contribution is -2.43. The number of amides is 1. The van der Waals surface area contributed by atoms with E-state index in [9.17, 15) is 4.79 Å². The number of hydrogen-bond donors (Lipinski definition) is 1. The molecule has 4 nitrogen and oxygen atoms in total. The minimum atomic E-state index is 0.0771. The van der Waals surface area contributed by atoms with E-state index in [4.69, 9.17) is 4.74 Å². The van der Waals surface area contributed by atoms with Crippen molar-refractivity contribution in [1.29, 1.82) is 0 Å². The lowest BCUT2D eigenvalue weighted by Gasteiger charge is -2.32. The zero-order valence-electron chi connectivity index (χ0n) is 12.7. The second-order valence-electron chi connectivity index (χ2n) is 5.74. The maximum Gasteiger partial charge on any atom is 0.270 e. The van der Waals surface area contributed by atoms with Crippen LogP contribution in [0.1, 0.15) is 35.8 Å². The Hall–Kier alpha value is -1.81. The lowest BCUT2D eigenvalue weighted by atomic mass is 10.1. The average Bonchev–Trinajstić information content (AvgIpc) is 2.90. The van der Waals surface area contributed by atoms with Gasteiger partial charge in [-0.3, -0.25) is 4.79 Å². The predicted octanol–water partition coefficient (Wildman–Crippen LogP) is 3.12. The Bertz CT molecular complexity index is 645. The fraction of sp³-hybridized carbons (Fsp3) is 0.471. The highest BCUT2D eigenvalue weighted by atomic mass is 16.5. The number of ether oxygens (including phenoxy) is 1. The van der Waals surface area contributed by atoms with Gasteiger partial charge in [0.15, 0.2) is 0 Å². The van der Waals surface area contributed by atoms with Crippen LogP contribution in [0.25, 0.3) is 10.9 Å². The number of benzene rings is 1. The number of likely N-dealkylation sites (tertiary alicyclic amines) is 1. The van der Waals surface area contributed by atoms with Gasteiger partial charge in [-0.2, -0.15) is 0 Å². The summed E-state index contributed by atoms with van der Waals surface area (Å²) in [4.78, 5) is 17.8. The SMILES string of the molecule is CCOC1CCCN(C(=O)c2cc3ccc(C)cc3[nH]2)C1. The number of aromatic amines is 1. The third-order valence-corrected chi connectivity index (χ3v) is 4.08. The van der Waals surface area contributed by atoms with Crippen molar-refractivity contribution in [3.63, 3.8) is 0 Å². The van der Waals surface area contributed by atoms with Gasteiger partial charge < -0.3 is 14.6 Å². The van der Waals surface area contributed by atoms with Crippen LogP contribution in [0.15, 0.2) is 24.3 Å². The fourth-order valence-corrected chi connectivity index (χ4v) is 3.02. The van der Waals surface area contributed by atoms with Crippen molar-refractivity contribution in [2.75, 3.05) is 19.7 Å². The van der Waals surface area contributed by atoms with Gasteiger partial charge >= 0.3 is 0 Å². The summed E-state index contributed by atoms with van der Waals surface area (Å²) in [6.45, 7) is 6.27. The van der Waals surface area contributed by atoms with Gasteiger partial charge in [-0.1, -0.05) is 12.1 Å². The van der Waals surface area contributed by atoms with Crippen LogP contribution in [-0.4, -0.2) is 41.6 Å². The van der Waals surface area contributed by atoms with Crippen molar-refractivity contribution in [1.82, 2.24) is 9.88 Å². The van der Waals surface area contributed by atoms with Crippen LogP contribution in [0.3, 0.4) is 0 Å². The van der Waals surface area contributed by atoms with Crippen molar-refractivity contribution in [2.24, 2.45) is 0 Å². The first-order valence-corrected chi connectivity index (χ1v) is 7.67. The van der Waals surface area contributed by atoms with Crippen LogP contribution in [0.4, 0.5) is 0 Å². The van der Waals surface area contributed by atoms with Gasteiger partial charge in [-0.05, 0) is 44.4 Å². The number of fused-ring (bicyclic) bond motifs is 1. The maximum atomic E-state index is 12.6. The Morgan fingerprint density at radius 2 is 2.29 bits per heavy atom. The third-order valence-electron chi connectivity index (χ3n) is 4.08. The van der Waals surface area contributed by atoms with E-state index in [1.54, 1.807) is 0 Å². The van der Waals surface area contributed by atoms with Gasteiger partial charge in [-0.25, -0.2) is 0 Å². The maximum absolute atomic E-state index is 12.6. The van der Waals surface area contributed by atoms with Gasteiger partial charge in [0.2, 0.25) is 0 Å².